The number of rotatable bonds is 7. The Balaban J connectivity index is 1.80. The van der Waals surface area contributed by atoms with Crippen LogP contribution >= 0.6 is 0 Å². The molecule has 4 aromatic rings. The van der Waals surface area contributed by atoms with Crippen LogP contribution in [0, 0.1) is 0 Å². The molecule has 3 aromatic carbocycles. The van der Waals surface area contributed by atoms with E-state index in [0.717, 1.165) is 22.2 Å². The first-order valence-corrected chi connectivity index (χ1v) is 11.8. The summed E-state index contributed by atoms with van der Waals surface area (Å²) in [5.41, 5.74) is 4.18. The summed E-state index contributed by atoms with van der Waals surface area (Å²) in [7, 11) is 1.61. The number of methoxy groups -OCH3 is 1. The van der Waals surface area contributed by atoms with Crippen molar-refractivity contribution < 1.29 is 24.1 Å². The van der Waals surface area contributed by atoms with Crippen LogP contribution in [0.4, 0.5) is 5.95 Å². The van der Waals surface area contributed by atoms with Crippen molar-refractivity contribution in [2.24, 2.45) is 0 Å². The normalized spacial score (nSPS) is 14.8. The minimum atomic E-state index is -0.593. The van der Waals surface area contributed by atoms with Gasteiger partial charge in [0, 0.05) is 0 Å². The number of nitrogens with zero attached hydrogens (tertiary/aromatic N) is 2. The number of fused-ring (bicyclic) bond motifs is 3. The van der Waals surface area contributed by atoms with E-state index in [1.807, 2.05) is 60.0 Å². The topological polar surface area (TPSA) is 94.8 Å². The Morgan fingerprint density at radius 3 is 2.56 bits per heavy atom. The SMILES string of the molecule is CCOC(=O)C1=C(c2ccc(OC)cc2)Nc2nc3ccccc3n2[C@@H]1c1ccc(O)c(OCC)c1. The number of hydrogen-bond acceptors (Lipinski definition) is 7. The van der Waals surface area contributed by atoms with Gasteiger partial charge in [-0.05, 0) is 73.5 Å². The Hall–Kier alpha value is -4.46. The van der Waals surface area contributed by atoms with Gasteiger partial charge < -0.3 is 24.6 Å². The summed E-state index contributed by atoms with van der Waals surface area (Å²) in [5.74, 6) is 1.22. The van der Waals surface area contributed by atoms with Crippen LogP contribution in [-0.2, 0) is 9.53 Å². The number of ether oxygens (including phenoxy) is 3. The predicted octanol–water partition coefficient (Wildman–Crippen LogP) is 5.14. The van der Waals surface area contributed by atoms with E-state index in [1.165, 1.54) is 0 Å². The Morgan fingerprint density at radius 1 is 1.06 bits per heavy atom. The van der Waals surface area contributed by atoms with Gasteiger partial charge in [0.25, 0.3) is 0 Å². The molecule has 8 heteroatoms. The molecule has 1 aromatic heterocycles. The van der Waals surface area contributed by atoms with E-state index in [1.54, 1.807) is 32.2 Å². The molecule has 0 spiro atoms. The van der Waals surface area contributed by atoms with Crippen LogP contribution < -0.4 is 14.8 Å². The van der Waals surface area contributed by atoms with Gasteiger partial charge in [-0.2, -0.15) is 0 Å². The van der Waals surface area contributed by atoms with E-state index < -0.39 is 12.0 Å². The summed E-state index contributed by atoms with van der Waals surface area (Å²) in [6.07, 6.45) is 0. The molecule has 1 atom stereocenters. The van der Waals surface area contributed by atoms with Gasteiger partial charge in [-0.3, -0.25) is 4.57 Å². The van der Waals surface area contributed by atoms with E-state index in [4.69, 9.17) is 19.2 Å². The minimum Gasteiger partial charge on any atom is -0.504 e. The second-order valence-corrected chi connectivity index (χ2v) is 8.22. The van der Waals surface area contributed by atoms with Crippen molar-refractivity contribution in [1.82, 2.24) is 9.55 Å². The van der Waals surface area contributed by atoms with Crippen molar-refractivity contribution in [3.63, 3.8) is 0 Å². The Labute approximate surface area is 208 Å². The van der Waals surface area contributed by atoms with E-state index >= 15 is 0 Å². The van der Waals surface area contributed by atoms with Crippen molar-refractivity contribution >= 4 is 28.6 Å². The lowest BCUT2D eigenvalue weighted by molar-refractivity contribution is -0.138. The van der Waals surface area contributed by atoms with E-state index in [9.17, 15) is 9.90 Å². The maximum Gasteiger partial charge on any atom is 0.338 e. The number of anilines is 1. The number of phenols is 1. The number of benzene rings is 3. The molecule has 5 rings (SSSR count). The van der Waals surface area contributed by atoms with Gasteiger partial charge in [0.15, 0.2) is 11.5 Å². The molecule has 36 heavy (non-hydrogen) atoms. The Morgan fingerprint density at radius 2 is 1.83 bits per heavy atom. The van der Waals surface area contributed by atoms with Gasteiger partial charge in [-0.1, -0.05) is 18.2 Å². The maximum absolute atomic E-state index is 13.6. The lowest BCUT2D eigenvalue weighted by atomic mass is 9.92. The third kappa shape index (κ3) is 4.00. The molecule has 2 N–H and O–H groups in total. The molecule has 1 aliphatic rings. The second kappa shape index (κ2) is 9.65. The fraction of sp³-hybridized carbons (Fsp3) is 0.214. The van der Waals surface area contributed by atoms with Crippen LogP contribution in [0.25, 0.3) is 16.7 Å². The van der Waals surface area contributed by atoms with Crippen LogP contribution in [0.3, 0.4) is 0 Å². The zero-order valence-corrected chi connectivity index (χ0v) is 20.3. The van der Waals surface area contributed by atoms with Gasteiger partial charge in [0.2, 0.25) is 5.95 Å². The summed E-state index contributed by atoms with van der Waals surface area (Å²) >= 11 is 0. The molecule has 0 radical (unpaired) electrons. The summed E-state index contributed by atoms with van der Waals surface area (Å²) in [4.78, 5) is 18.4. The van der Waals surface area contributed by atoms with Gasteiger partial charge in [-0.15, -0.1) is 0 Å². The quantitative estimate of drug-likeness (QED) is 0.350. The fourth-order valence-electron chi connectivity index (χ4n) is 4.53. The number of aromatic nitrogens is 2. The zero-order chi connectivity index (χ0) is 25.2. The largest absolute Gasteiger partial charge is 0.504 e. The lowest BCUT2D eigenvalue weighted by Gasteiger charge is -2.31. The fourth-order valence-corrected chi connectivity index (χ4v) is 4.53. The number of esters is 1. The Bertz CT molecular complexity index is 1460. The average Bonchev–Trinajstić information content (AvgIpc) is 3.27. The van der Waals surface area contributed by atoms with Crippen molar-refractivity contribution in [1.29, 1.82) is 0 Å². The first kappa shape index (κ1) is 23.3. The van der Waals surface area contributed by atoms with Crippen LogP contribution in [0.2, 0.25) is 0 Å². The maximum atomic E-state index is 13.6. The van der Waals surface area contributed by atoms with E-state index in [0.29, 0.717) is 35.3 Å². The molecule has 2 heterocycles. The monoisotopic (exact) mass is 485 g/mol. The molecule has 1 aliphatic heterocycles. The smallest absolute Gasteiger partial charge is 0.338 e. The summed E-state index contributed by atoms with van der Waals surface area (Å²) in [6.45, 7) is 4.24. The van der Waals surface area contributed by atoms with Gasteiger partial charge in [0.05, 0.1) is 48.7 Å². The van der Waals surface area contributed by atoms with Crippen LogP contribution in [0.15, 0.2) is 72.3 Å². The van der Waals surface area contributed by atoms with Crippen LogP contribution in [0.5, 0.6) is 17.2 Å². The standard InChI is InChI=1S/C28H27N3O5/c1-4-35-23-16-18(12-15-22(23)32)26-24(27(33)36-5-2)25(17-10-13-19(34-3)14-11-17)30-28-29-20-8-6-7-9-21(20)31(26)28/h6-16,26,32H,4-5H2,1-3H3,(H,29,30)/t26-/m1/s1. The number of imidazole rings is 1. The van der Waals surface area contributed by atoms with E-state index in [-0.39, 0.29) is 12.4 Å². The number of nitrogens with one attached hydrogen (secondary N) is 1. The average molecular weight is 486 g/mol. The molecule has 0 amide bonds. The predicted molar refractivity (Wildman–Crippen MR) is 137 cm³/mol. The highest BCUT2D eigenvalue weighted by atomic mass is 16.5. The highest BCUT2D eigenvalue weighted by Crippen LogP contribution is 2.44. The van der Waals surface area contributed by atoms with Gasteiger partial charge in [-0.25, -0.2) is 9.78 Å². The molecule has 8 nitrogen and oxygen atoms in total. The number of hydrogen-bond donors (Lipinski definition) is 2. The first-order valence-electron chi connectivity index (χ1n) is 11.8. The molecule has 0 unspecified atom stereocenters. The minimum absolute atomic E-state index is 0.0299. The zero-order valence-electron chi connectivity index (χ0n) is 20.3. The number of aromatic hydroxyl groups is 1. The third-order valence-electron chi connectivity index (χ3n) is 6.11. The van der Waals surface area contributed by atoms with Crippen molar-refractivity contribution in [3.05, 3.63) is 83.4 Å². The highest BCUT2D eigenvalue weighted by Gasteiger charge is 2.37. The van der Waals surface area contributed by atoms with Crippen molar-refractivity contribution in [3.8, 4) is 17.2 Å². The molecular formula is C28H27N3O5. The number of carbonyl (C=O) groups is 1. The van der Waals surface area contributed by atoms with E-state index in [2.05, 4.69) is 5.32 Å². The summed E-state index contributed by atoms with van der Waals surface area (Å²) in [5, 5.41) is 13.7. The number of para-hydroxylation sites is 2. The number of phenolic OH excluding ortho intramolecular Hbond substituents is 1. The highest BCUT2D eigenvalue weighted by molar-refractivity contribution is 6.03. The number of carbonyl (C=O) groups excluding carboxylic acids is 1. The molecule has 184 valence electrons. The molecule has 0 saturated heterocycles. The van der Waals surface area contributed by atoms with Gasteiger partial charge >= 0.3 is 5.97 Å². The third-order valence-corrected chi connectivity index (χ3v) is 6.11. The first-order chi connectivity index (χ1) is 17.5. The summed E-state index contributed by atoms with van der Waals surface area (Å²) < 4.78 is 18.5. The molecule has 0 aliphatic carbocycles. The van der Waals surface area contributed by atoms with Gasteiger partial charge in [0.1, 0.15) is 5.75 Å². The molecule has 0 saturated carbocycles. The van der Waals surface area contributed by atoms with Crippen LogP contribution in [-0.4, -0.2) is 41.0 Å². The summed E-state index contributed by atoms with van der Waals surface area (Å²) in [6, 6.07) is 19.7. The molecule has 0 bridgehead atoms. The molecule has 0 fully saturated rings. The molecular weight excluding hydrogens is 458 g/mol. The van der Waals surface area contributed by atoms with Crippen LogP contribution in [0.1, 0.15) is 31.0 Å². The van der Waals surface area contributed by atoms with Crippen molar-refractivity contribution in [2.75, 3.05) is 25.6 Å². The Kier molecular flexibility index (Phi) is 6.25. The van der Waals surface area contributed by atoms with Crippen molar-refractivity contribution in [2.45, 2.75) is 19.9 Å². The lowest BCUT2D eigenvalue weighted by Crippen LogP contribution is -2.29. The second-order valence-electron chi connectivity index (χ2n) is 8.22.